The largest absolute Gasteiger partial charge is 0.495 e. The van der Waals surface area contributed by atoms with E-state index in [0.717, 1.165) is 11.1 Å². The molecule has 1 fully saturated rings. The van der Waals surface area contributed by atoms with E-state index in [2.05, 4.69) is 0 Å². The maximum atomic E-state index is 12.5. The van der Waals surface area contributed by atoms with Gasteiger partial charge >= 0.3 is 0 Å². The number of ether oxygens (including phenoxy) is 2. The highest BCUT2D eigenvalue weighted by Crippen LogP contribution is 2.36. The third kappa shape index (κ3) is 2.85. The summed E-state index contributed by atoms with van der Waals surface area (Å²) in [4.78, 5) is 14.5. The van der Waals surface area contributed by atoms with E-state index in [4.69, 9.17) is 19.6 Å². The summed E-state index contributed by atoms with van der Waals surface area (Å²) in [6, 6.07) is 7.13. The van der Waals surface area contributed by atoms with Crippen LogP contribution < -0.4 is 20.8 Å². The second-order valence-corrected chi connectivity index (χ2v) is 6.69. The molecule has 2 aromatic heterocycles. The molecular weight excluding hydrogens is 340 g/mol. The van der Waals surface area contributed by atoms with Crippen molar-refractivity contribution < 1.29 is 13.9 Å². The number of anilines is 2. The van der Waals surface area contributed by atoms with Gasteiger partial charge in [-0.15, -0.1) is 11.3 Å². The van der Waals surface area contributed by atoms with Gasteiger partial charge in [-0.3, -0.25) is 4.79 Å². The zero-order valence-electron chi connectivity index (χ0n) is 13.8. The molecule has 0 radical (unpaired) electrons. The van der Waals surface area contributed by atoms with Crippen LogP contribution in [0.5, 0.6) is 5.75 Å². The van der Waals surface area contributed by atoms with Gasteiger partial charge < -0.3 is 24.5 Å². The van der Waals surface area contributed by atoms with E-state index < -0.39 is 0 Å². The number of fused-ring (bicyclic) bond motifs is 1. The van der Waals surface area contributed by atoms with Gasteiger partial charge in [0.05, 0.1) is 26.0 Å². The zero-order chi connectivity index (χ0) is 17.4. The van der Waals surface area contributed by atoms with Gasteiger partial charge in [0.25, 0.3) is 0 Å². The summed E-state index contributed by atoms with van der Waals surface area (Å²) in [7, 11) is 1.58. The van der Waals surface area contributed by atoms with E-state index in [1.54, 1.807) is 13.2 Å². The van der Waals surface area contributed by atoms with E-state index in [-0.39, 0.29) is 5.43 Å². The van der Waals surface area contributed by atoms with Crippen molar-refractivity contribution in [1.29, 1.82) is 0 Å². The fourth-order valence-electron chi connectivity index (χ4n) is 2.97. The topological polar surface area (TPSA) is 77.9 Å². The summed E-state index contributed by atoms with van der Waals surface area (Å²) < 4.78 is 17.3. The first-order valence-electron chi connectivity index (χ1n) is 7.99. The molecule has 0 amide bonds. The maximum Gasteiger partial charge on any atom is 0.204 e. The number of nitrogens with zero attached hydrogens (tertiary/aromatic N) is 1. The molecule has 0 aliphatic carbocycles. The Morgan fingerprint density at radius 2 is 2.04 bits per heavy atom. The first kappa shape index (κ1) is 16.0. The van der Waals surface area contributed by atoms with Crippen molar-refractivity contribution in [2.75, 3.05) is 44.0 Å². The first-order valence-corrected chi connectivity index (χ1v) is 8.87. The lowest BCUT2D eigenvalue weighted by atomic mass is 10.1. The molecule has 2 N–H and O–H groups in total. The number of nitrogens with two attached hydrogens (primary N) is 1. The number of nitrogen functional groups attached to an aromatic ring is 1. The highest BCUT2D eigenvalue weighted by atomic mass is 32.1. The van der Waals surface area contributed by atoms with E-state index in [1.165, 1.54) is 11.3 Å². The Morgan fingerprint density at radius 3 is 2.76 bits per heavy atom. The van der Waals surface area contributed by atoms with Crippen LogP contribution in [-0.4, -0.2) is 33.4 Å². The molecule has 0 atom stereocenters. The minimum absolute atomic E-state index is 0.0273. The van der Waals surface area contributed by atoms with Crippen LogP contribution in [0.4, 0.5) is 11.6 Å². The zero-order valence-corrected chi connectivity index (χ0v) is 14.6. The third-order valence-electron chi connectivity index (χ3n) is 4.29. The molecule has 4 rings (SSSR count). The van der Waals surface area contributed by atoms with Gasteiger partial charge in [0.15, 0.2) is 11.5 Å². The van der Waals surface area contributed by atoms with Crippen LogP contribution in [-0.2, 0) is 4.74 Å². The fraction of sp³-hybridized carbons (Fsp3) is 0.278. The molecule has 7 heteroatoms. The quantitative estimate of drug-likeness (QED) is 0.725. The second-order valence-electron chi connectivity index (χ2n) is 5.81. The lowest BCUT2D eigenvalue weighted by Gasteiger charge is -2.27. The molecular formula is C18H18N2O4S. The molecule has 25 heavy (non-hydrogen) atoms. The summed E-state index contributed by atoms with van der Waals surface area (Å²) in [5, 5.41) is 1.93. The minimum Gasteiger partial charge on any atom is -0.495 e. The van der Waals surface area contributed by atoms with E-state index >= 15 is 0 Å². The van der Waals surface area contributed by atoms with E-state index in [9.17, 15) is 4.79 Å². The summed E-state index contributed by atoms with van der Waals surface area (Å²) in [6.45, 7) is 2.69. The van der Waals surface area contributed by atoms with Crippen molar-refractivity contribution >= 4 is 33.2 Å². The molecule has 1 aromatic carbocycles. The molecule has 130 valence electrons. The third-order valence-corrected chi connectivity index (χ3v) is 5.27. The minimum atomic E-state index is -0.0273. The second kappa shape index (κ2) is 6.42. The van der Waals surface area contributed by atoms with Crippen molar-refractivity contribution in [1.82, 2.24) is 0 Å². The Labute approximate surface area is 148 Å². The predicted octanol–water partition coefficient (Wildman–Crippen LogP) is 2.95. The molecule has 0 unspecified atom stereocenters. The predicted molar refractivity (Wildman–Crippen MR) is 99.8 cm³/mol. The van der Waals surface area contributed by atoms with Crippen molar-refractivity contribution in [2.45, 2.75) is 0 Å². The van der Waals surface area contributed by atoms with Crippen LogP contribution in [0.1, 0.15) is 0 Å². The van der Waals surface area contributed by atoms with Gasteiger partial charge in [0.1, 0.15) is 10.4 Å². The summed E-state index contributed by atoms with van der Waals surface area (Å²) in [5.41, 5.74) is 8.90. The lowest BCUT2D eigenvalue weighted by molar-refractivity contribution is 0.121. The van der Waals surface area contributed by atoms with Crippen molar-refractivity contribution in [3.8, 4) is 16.9 Å². The fourth-order valence-corrected chi connectivity index (χ4v) is 3.88. The number of rotatable bonds is 3. The normalized spacial score (nSPS) is 14.8. The Balaban J connectivity index is 1.83. The van der Waals surface area contributed by atoms with Gasteiger partial charge in [-0.1, -0.05) is 6.07 Å². The Kier molecular flexibility index (Phi) is 4.10. The lowest BCUT2D eigenvalue weighted by Crippen LogP contribution is -2.36. The average Bonchev–Trinajstić information content (AvgIpc) is 3.07. The Morgan fingerprint density at radius 1 is 1.24 bits per heavy atom. The number of methoxy groups -OCH3 is 1. The molecule has 3 heterocycles. The number of morpholine rings is 1. The van der Waals surface area contributed by atoms with Crippen LogP contribution >= 0.6 is 11.3 Å². The van der Waals surface area contributed by atoms with Crippen LogP contribution in [0, 0.1) is 0 Å². The molecule has 0 bridgehead atoms. The van der Waals surface area contributed by atoms with Gasteiger partial charge in [0, 0.05) is 30.1 Å². The standard InChI is InChI=1S/C18H18N2O4S/c1-22-15-3-2-11(8-13(15)19)12-10-25-18-14(21)9-16(24-17(12)18)20-4-6-23-7-5-20/h2-3,8-10H,4-7,19H2,1H3. The molecule has 0 saturated carbocycles. The smallest absolute Gasteiger partial charge is 0.204 e. The summed E-state index contributed by atoms with van der Waals surface area (Å²) in [6.07, 6.45) is 0. The Hall–Kier alpha value is -2.51. The van der Waals surface area contributed by atoms with Crippen molar-refractivity contribution in [2.24, 2.45) is 0 Å². The van der Waals surface area contributed by atoms with Crippen LogP contribution in [0.3, 0.4) is 0 Å². The Bertz CT molecular complexity index is 973. The molecule has 3 aromatic rings. The number of benzene rings is 1. The monoisotopic (exact) mass is 358 g/mol. The molecule has 1 saturated heterocycles. The maximum absolute atomic E-state index is 12.5. The summed E-state index contributed by atoms with van der Waals surface area (Å²) >= 11 is 1.39. The average molecular weight is 358 g/mol. The molecule has 6 nitrogen and oxygen atoms in total. The molecule has 1 aliphatic rings. The van der Waals surface area contributed by atoms with Gasteiger partial charge in [0.2, 0.25) is 5.43 Å². The number of hydrogen-bond acceptors (Lipinski definition) is 7. The number of thiophene rings is 1. The van der Waals surface area contributed by atoms with Crippen molar-refractivity contribution in [3.63, 3.8) is 0 Å². The molecule has 1 aliphatic heterocycles. The van der Waals surface area contributed by atoms with Gasteiger partial charge in [-0.2, -0.15) is 0 Å². The van der Waals surface area contributed by atoms with E-state index in [1.807, 2.05) is 28.5 Å². The SMILES string of the molecule is COc1ccc(-c2csc3c(=O)cc(N4CCOCC4)oc23)cc1N. The van der Waals surface area contributed by atoms with Gasteiger partial charge in [-0.05, 0) is 17.7 Å². The first-order chi connectivity index (χ1) is 12.2. The molecule has 0 spiro atoms. The van der Waals surface area contributed by atoms with Crippen molar-refractivity contribution in [3.05, 3.63) is 39.9 Å². The van der Waals surface area contributed by atoms with E-state index in [0.29, 0.717) is 53.9 Å². The van der Waals surface area contributed by atoms with Crippen LogP contribution in [0.15, 0.2) is 38.9 Å². The van der Waals surface area contributed by atoms with Crippen LogP contribution in [0.2, 0.25) is 0 Å². The highest BCUT2D eigenvalue weighted by molar-refractivity contribution is 7.17. The summed E-state index contributed by atoms with van der Waals surface area (Å²) in [5.74, 6) is 1.21. The highest BCUT2D eigenvalue weighted by Gasteiger charge is 2.19. The van der Waals surface area contributed by atoms with Gasteiger partial charge in [-0.25, -0.2) is 0 Å². The van der Waals surface area contributed by atoms with Crippen LogP contribution in [0.25, 0.3) is 21.4 Å². The number of hydrogen-bond donors (Lipinski definition) is 1.